The van der Waals surface area contributed by atoms with Crippen LogP contribution in [0.25, 0.3) is 0 Å². The van der Waals surface area contributed by atoms with E-state index in [1.165, 1.54) is 0 Å². The lowest BCUT2D eigenvalue weighted by Crippen LogP contribution is -2.44. The first-order valence-corrected chi connectivity index (χ1v) is 7.58. The molecule has 0 atom stereocenters. The Kier molecular flexibility index (Phi) is 6.85. The zero-order valence-corrected chi connectivity index (χ0v) is 13.8. The number of nitrogens with zero attached hydrogens (tertiary/aromatic N) is 2. The normalized spacial score (nSPS) is 11.7. The average molecular weight is 291 g/mol. The minimum atomic E-state index is 0.0360. The van der Waals surface area contributed by atoms with Crippen LogP contribution in [0.4, 0.5) is 0 Å². The maximum Gasteiger partial charge on any atom is 0.236 e. The van der Waals surface area contributed by atoms with Gasteiger partial charge in [0.05, 0.1) is 6.54 Å². The van der Waals surface area contributed by atoms with Crippen molar-refractivity contribution in [2.75, 3.05) is 33.2 Å². The molecule has 0 fully saturated rings. The predicted molar refractivity (Wildman–Crippen MR) is 87.9 cm³/mol. The topological polar surface area (TPSA) is 49.6 Å². The summed E-state index contributed by atoms with van der Waals surface area (Å²) in [5, 5.41) is 0. The molecule has 1 amide bonds. The molecule has 0 saturated heterocycles. The number of benzene rings is 1. The highest BCUT2D eigenvalue weighted by atomic mass is 16.2. The van der Waals surface area contributed by atoms with Gasteiger partial charge in [0.25, 0.3) is 0 Å². The van der Waals surface area contributed by atoms with Crippen LogP contribution in [0.1, 0.15) is 26.3 Å². The van der Waals surface area contributed by atoms with Crippen LogP contribution in [0.5, 0.6) is 0 Å². The van der Waals surface area contributed by atoms with E-state index in [0.717, 1.165) is 18.7 Å². The van der Waals surface area contributed by atoms with Crippen molar-refractivity contribution in [3.05, 3.63) is 35.9 Å². The van der Waals surface area contributed by atoms with Crippen LogP contribution in [-0.2, 0) is 11.3 Å². The van der Waals surface area contributed by atoms with E-state index in [-0.39, 0.29) is 11.3 Å². The Balaban J connectivity index is 2.53. The van der Waals surface area contributed by atoms with Gasteiger partial charge in [-0.1, -0.05) is 51.1 Å². The molecule has 0 aliphatic rings. The molecule has 0 aliphatic heterocycles. The smallest absolute Gasteiger partial charge is 0.236 e. The largest absolute Gasteiger partial charge is 0.340 e. The highest BCUT2D eigenvalue weighted by molar-refractivity contribution is 5.78. The lowest BCUT2D eigenvalue weighted by Gasteiger charge is -2.31. The maximum atomic E-state index is 12.3. The van der Waals surface area contributed by atoms with Crippen molar-refractivity contribution < 1.29 is 4.79 Å². The Morgan fingerprint density at radius 1 is 1.24 bits per heavy atom. The highest BCUT2D eigenvalue weighted by Gasteiger charge is 2.22. The van der Waals surface area contributed by atoms with Crippen molar-refractivity contribution in [1.29, 1.82) is 0 Å². The molecule has 118 valence electrons. The van der Waals surface area contributed by atoms with Crippen LogP contribution in [0.2, 0.25) is 0 Å². The number of carbonyl (C=O) groups is 1. The van der Waals surface area contributed by atoms with Gasteiger partial charge >= 0.3 is 0 Å². The standard InChI is InChI=1S/C17H29N3O/c1-5-20(14-17(2,3)13-18)12-16(21)19(4)11-15-9-7-6-8-10-15/h6-10H,5,11-14,18H2,1-4H3. The molecule has 0 bridgehead atoms. The van der Waals surface area contributed by atoms with E-state index in [4.69, 9.17) is 5.73 Å². The Bertz CT molecular complexity index is 431. The van der Waals surface area contributed by atoms with Gasteiger partial charge in [0.2, 0.25) is 5.91 Å². The molecule has 0 aromatic heterocycles. The molecule has 21 heavy (non-hydrogen) atoms. The van der Waals surface area contributed by atoms with Crippen molar-refractivity contribution in [1.82, 2.24) is 9.80 Å². The van der Waals surface area contributed by atoms with Gasteiger partial charge in [-0.05, 0) is 24.1 Å². The first kappa shape index (κ1) is 17.7. The Hall–Kier alpha value is -1.39. The summed E-state index contributed by atoms with van der Waals surface area (Å²) in [6.45, 7) is 9.76. The number of amides is 1. The Morgan fingerprint density at radius 2 is 1.86 bits per heavy atom. The number of nitrogens with two attached hydrogens (primary N) is 1. The second kappa shape index (κ2) is 8.15. The number of hydrogen-bond acceptors (Lipinski definition) is 3. The molecule has 0 saturated carbocycles. The molecular formula is C17H29N3O. The molecule has 0 heterocycles. The molecule has 0 unspecified atom stereocenters. The maximum absolute atomic E-state index is 12.3. The number of likely N-dealkylation sites (N-methyl/N-ethyl adjacent to an activating group) is 2. The molecular weight excluding hydrogens is 262 g/mol. The van der Waals surface area contributed by atoms with Crippen LogP contribution in [0, 0.1) is 5.41 Å². The van der Waals surface area contributed by atoms with Gasteiger partial charge in [-0.15, -0.1) is 0 Å². The molecule has 0 aliphatic carbocycles. The van der Waals surface area contributed by atoms with Crippen LogP contribution in [0.15, 0.2) is 30.3 Å². The first-order chi connectivity index (χ1) is 9.88. The fraction of sp³-hybridized carbons (Fsp3) is 0.588. The second-order valence-electron chi connectivity index (χ2n) is 6.41. The second-order valence-corrected chi connectivity index (χ2v) is 6.41. The van der Waals surface area contributed by atoms with Gasteiger partial charge in [0.1, 0.15) is 0 Å². The molecule has 1 aromatic carbocycles. The van der Waals surface area contributed by atoms with E-state index in [1.807, 2.05) is 37.4 Å². The van der Waals surface area contributed by atoms with Crippen LogP contribution in [0.3, 0.4) is 0 Å². The SMILES string of the molecule is CCN(CC(=O)N(C)Cc1ccccc1)CC(C)(C)CN. The minimum absolute atomic E-state index is 0.0360. The lowest BCUT2D eigenvalue weighted by atomic mass is 9.93. The average Bonchev–Trinajstić information content (AvgIpc) is 2.47. The number of rotatable bonds is 8. The summed E-state index contributed by atoms with van der Waals surface area (Å²) >= 11 is 0. The molecule has 1 rings (SSSR count). The summed E-state index contributed by atoms with van der Waals surface area (Å²) in [7, 11) is 1.86. The van der Waals surface area contributed by atoms with Gasteiger partial charge in [-0.25, -0.2) is 0 Å². The van der Waals surface area contributed by atoms with Crippen LogP contribution < -0.4 is 5.73 Å². The van der Waals surface area contributed by atoms with Crippen LogP contribution in [-0.4, -0.2) is 48.9 Å². The van der Waals surface area contributed by atoms with E-state index in [1.54, 1.807) is 4.90 Å². The summed E-state index contributed by atoms with van der Waals surface area (Å²) in [5.74, 6) is 0.147. The van der Waals surface area contributed by atoms with Gasteiger partial charge in [-0.2, -0.15) is 0 Å². The summed E-state index contributed by atoms with van der Waals surface area (Å²) in [5.41, 5.74) is 6.97. The Morgan fingerprint density at radius 3 is 2.38 bits per heavy atom. The molecule has 1 aromatic rings. The molecule has 2 N–H and O–H groups in total. The van der Waals surface area contributed by atoms with Gasteiger partial charge in [0, 0.05) is 20.1 Å². The van der Waals surface area contributed by atoms with Crippen LogP contribution >= 0.6 is 0 Å². The van der Waals surface area contributed by atoms with E-state index < -0.39 is 0 Å². The summed E-state index contributed by atoms with van der Waals surface area (Å²) < 4.78 is 0. The fourth-order valence-corrected chi connectivity index (χ4v) is 2.21. The van der Waals surface area contributed by atoms with Gasteiger partial charge < -0.3 is 10.6 Å². The molecule has 0 radical (unpaired) electrons. The minimum Gasteiger partial charge on any atom is -0.340 e. The van der Waals surface area contributed by atoms with Crippen molar-refractivity contribution >= 4 is 5.91 Å². The van der Waals surface area contributed by atoms with Crippen molar-refractivity contribution in [2.24, 2.45) is 11.1 Å². The van der Waals surface area contributed by atoms with E-state index >= 15 is 0 Å². The molecule has 4 heteroatoms. The van der Waals surface area contributed by atoms with E-state index in [9.17, 15) is 4.79 Å². The van der Waals surface area contributed by atoms with Gasteiger partial charge in [0.15, 0.2) is 0 Å². The number of hydrogen-bond donors (Lipinski definition) is 1. The van der Waals surface area contributed by atoms with E-state index in [0.29, 0.717) is 19.6 Å². The lowest BCUT2D eigenvalue weighted by molar-refractivity contribution is -0.131. The quantitative estimate of drug-likeness (QED) is 0.796. The van der Waals surface area contributed by atoms with Crippen molar-refractivity contribution in [3.8, 4) is 0 Å². The van der Waals surface area contributed by atoms with Crippen molar-refractivity contribution in [3.63, 3.8) is 0 Å². The Labute approximate surface area is 128 Å². The first-order valence-electron chi connectivity index (χ1n) is 7.58. The third-order valence-electron chi connectivity index (χ3n) is 3.70. The third kappa shape index (κ3) is 6.27. The zero-order valence-electron chi connectivity index (χ0n) is 13.8. The highest BCUT2D eigenvalue weighted by Crippen LogP contribution is 2.14. The summed E-state index contributed by atoms with van der Waals surface area (Å²) in [4.78, 5) is 16.3. The molecule has 4 nitrogen and oxygen atoms in total. The number of carbonyl (C=O) groups excluding carboxylic acids is 1. The van der Waals surface area contributed by atoms with Crippen molar-refractivity contribution in [2.45, 2.75) is 27.3 Å². The third-order valence-corrected chi connectivity index (χ3v) is 3.70. The predicted octanol–water partition coefficient (Wildman–Crippen LogP) is 1.95. The monoisotopic (exact) mass is 291 g/mol. The summed E-state index contributed by atoms with van der Waals surface area (Å²) in [6, 6.07) is 10.1. The molecule has 0 spiro atoms. The summed E-state index contributed by atoms with van der Waals surface area (Å²) in [6.07, 6.45) is 0. The zero-order chi connectivity index (χ0) is 15.9. The fourth-order valence-electron chi connectivity index (χ4n) is 2.21. The van der Waals surface area contributed by atoms with Gasteiger partial charge in [-0.3, -0.25) is 9.69 Å². The van der Waals surface area contributed by atoms with E-state index in [2.05, 4.69) is 25.7 Å².